The average Bonchev–Trinajstić information content (AvgIpc) is 3.47. The molecule has 148 valence electrons. The molecule has 1 aromatic carbocycles. The minimum atomic E-state index is -3.13. The molecule has 4 rings (SSSR count). The van der Waals surface area contributed by atoms with E-state index >= 15 is 0 Å². The molecular formula is C20H28N2O4S. The molecule has 0 aromatic heterocycles. The van der Waals surface area contributed by atoms with Gasteiger partial charge in [0.25, 0.3) is 0 Å². The summed E-state index contributed by atoms with van der Waals surface area (Å²) in [6, 6.07) is 7.95. The Bertz CT molecular complexity index is 824. The Labute approximate surface area is 161 Å². The van der Waals surface area contributed by atoms with Gasteiger partial charge in [0.05, 0.1) is 5.25 Å². The lowest BCUT2D eigenvalue weighted by Crippen LogP contribution is -2.52. The van der Waals surface area contributed by atoms with E-state index in [0.29, 0.717) is 32.4 Å². The maximum Gasteiger partial charge on any atom is 0.222 e. The largest absolute Gasteiger partial charge is 0.487 e. The number of hydrogen-bond acceptors (Lipinski definition) is 4. The SMILES string of the molecule is CN(C)C(=O)C[C@H]1CC2(CCN(S(=O)(=O)C3CC3)CC2)Oc2ccccc21. The highest BCUT2D eigenvalue weighted by atomic mass is 32.2. The number of para-hydroxylation sites is 1. The number of sulfonamides is 1. The Morgan fingerprint density at radius 1 is 1.22 bits per heavy atom. The molecule has 0 N–H and O–H groups in total. The molecule has 1 saturated heterocycles. The number of benzene rings is 1. The minimum absolute atomic E-state index is 0.108. The summed E-state index contributed by atoms with van der Waals surface area (Å²) in [4.78, 5) is 14.0. The van der Waals surface area contributed by atoms with Crippen LogP contribution in [0.1, 0.15) is 50.0 Å². The average molecular weight is 393 g/mol. The molecule has 27 heavy (non-hydrogen) atoms. The summed E-state index contributed by atoms with van der Waals surface area (Å²) in [7, 11) is 0.433. The van der Waals surface area contributed by atoms with Gasteiger partial charge in [-0.3, -0.25) is 4.79 Å². The van der Waals surface area contributed by atoms with E-state index in [1.54, 1.807) is 23.3 Å². The highest BCUT2D eigenvalue weighted by molar-refractivity contribution is 7.90. The van der Waals surface area contributed by atoms with E-state index < -0.39 is 10.0 Å². The molecule has 1 aliphatic carbocycles. The lowest BCUT2D eigenvalue weighted by Gasteiger charge is -2.46. The molecule has 1 atom stereocenters. The molecule has 6 nitrogen and oxygen atoms in total. The Morgan fingerprint density at radius 2 is 1.89 bits per heavy atom. The monoisotopic (exact) mass is 392 g/mol. The molecule has 7 heteroatoms. The molecule has 0 unspecified atom stereocenters. The highest BCUT2D eigenvalue weighted by Gasteiger charge is 2.48. The Hall–Kier alpha value is -1.60. The first kappa shape index (κ1) is 18.7. The van der Waals surface area contributed by atoms with Gasteiger partial charge in [0.1, 0.15) is 11.4 Å². The molecule has 1 aromatic rings. The Balaban J connectivity index is 1.53. The van der Waals surface area contributed by atoms with Crippen molar-refractivity contribution in [3.05, 3.63) is 29.8 Å². The third-order valence-electron chi connectivity index (χ3n) is 6.16. The standard InChI is InChI=1S/C20H28N2O4S/c1-21(2)19(23)13-15-14-20(26-18-6-4-3-5-17(15)18)9-11-22(12-10-20)27(24,25)16-7-8-16/h3-6,15-16H,7-14H2,1-2H3/t15-/m0/s1. The van der Waals surface area contributed by atoms with Crippen molar-refractivity contribution in [2.45, 2.75) is 55.3 Å². The lowest BCUT2D eigenvalue weighted by molar-refractivity contribution is -0.129. The van der Waals surface area contributed by atoms with Crippen molar-refractivity contribution in [3.63, 3.8) is 0 Å². The van der Waals surface area contributed by atoms with Crippen LogP contribution in [0.15, 0.2) is 24.3 Å². The number of ether oxygens (including phenoxy) is 1. The maximum absolute atomic E-state index is 12.5. The van der Waals surface area contributed by atoms with Crippen molar-refractivity contribution in [1.82, 2.24) is 9.21 Å². The van der Waals surface area contributed by atoms with Crippen LogP contribution in [-0.2, 0) is 14.8 Å². The molecule has 1 amide bonds. The van der Waals surface area contributed by atoms with Crippen molar-refractivity contribution in [3.8, 4) is 5.75 Å². The zero-order valence-electron chi connectivity index (χ0n) is 16.1. The highest BCUT2D eigenvalue weighted by Crippen LogP contribution is 2.47. The van der Waals surface area contributed by atoms with Crippen LogP contribution < -0.4 is 4.74 Å². The summed E-state index contributed by atoms with van der Waals surface area (Å²) >= 11 is 0. The van der Waals surface area contributed by atoms with Gasteiger partial charge in [-0.1, -0.05) is 18.2 Å². The van der Waals surface area contributed by atoms with Gasteiger partial charge in [0, 0.05) is 52.4 Å². The molecule has 2 aliphatic heterocycles. The predicted molar refractivity (Wildman–Crippen MR) is 103 cm³/mol. The molecule has 2 heterocycles. The van der Waals surface area contributed by atoms with E-state index in [4.69, 9.17) is 4.74 Å². The van der Waals surface area contributed by atoms with E-state index in [1.807, 2.05) is 24.3 Å². The normalized spacial score (nSPS) is 24.9. The Morgan fingerprint density at radius 3 is 2.52 bits per heavy atom. The molecule has 0 radical (unpaired) electrons. The molecule has 1 spiro atoms. The number of piperidine rings is 1. The number of nitrogens with zero attached hydrogens (tertiary/aromatic N) is 2. The number of amides is 1. The molecule has 0 bridgehead atoms. The minimum Gasteiger partial charge on any atom is -0.487 e. The quantitative estimate of drug-likeness (QED) is 0.789. The number of rotatable bonds is 4. The second-order valence-electron chi connectivity index (χ2n) is 8.36. The van der Waals surface area contributed by atoms with Crippen molar-refractivity contribution in [2.24, 2.45) is 0 Å². The number of fused-ring (bicyclic) bond motifs is 1. The molecular weight excluding hydrogens is 364 g/mol. The van der Waals surface area contributed by atoms with Crippen molar-refractivity contribution >= 4 is 15.9 Å². The summed E-state index contributed by atoms with van der Waals surface area (Å²) < 4.78 is 33.2. The smallest absolute Gasteiger partial charge is 0.222 e. The van der Waals surface area contributed by atoms with Gasteiger partial charge >= 0.3 is 0 Å². The second kappa shape index (κ2) is 6.78. The first-order valence-electron chi connectivity index (χ1n) is 9.78. The molecule has 3 aliphatic rings. The summed E-state index contributed by atoms with van der Waals surface area (Å²) in [6.07, 6.45) is 4.17. The van der Waals surface area contributed by atoms with Gasteiger partial charge in [-0.15, -0.1) is 0 Å². The Kier molecular flexibility index (Phi) is 4.71. The van der Waals surface area contributed by atoms with Crippen molar-refractivity contribution in [2.75, 3.05) is 27.2 Å². The van der Waals surface area contributed by atoms with E-state index in [2.05, 4.69) is 0 Å². The predicted octanol–water partition coefficient (Wildman–Crippen LogP) is 2.36. The van der Waals surface area contributed by atoms with Gasteiger partial charge in [-0.25, -0.2) is 12.7 Å². The summed E-state index contributed by atoms with van der Waals surface area (Å²) in [5, 5.41) is -0.162. The lowest BCUT2D eigenvalue weighted by atomic mass is 9.76. The van der Waals surface area contributed by atoms with Crippen LogP contribution in [0.5, 0.6) is 5.75 Å². The first-order valence-corrected chi connectivity index (χ1v) is 11.3. The number of carbonyl (C=O) groups excluding carboxylic acids is 1. The third-order valence-corrected chi connectivity index (χ3v) is 8.56. The fraction of sp³-hybridized carbons (Fsp3) is 0.650. The van der Waals surface area contributed by atoms with Crippen molar-refractivity contribution < 1.29 is 17.9 Å². The number of carbonyl (C=O) groups is 1. The molecule has 2 fully saturated rings. The number of hydrogen-bond donors (Lipinski definition) is 0. The first-order chi connectivity index (χ1) is 12.8. The zero-order valence-corrected chi connectivity index (χ0v) is 16.9. The van der Waals surface area contributed by atoms with Crippen LogP contribution >= 0.6 is 0 Å². The van der Waals surface area contributed by atoms with Gasteiger partial charge in [-0.05, 0) is 30.9 Å². The maximum atomic E-state index is 12.5. The van der Waals surface area contributed by atoms with E-state index in [-0.39, 0.29) is 22.7 Å². The van der Waals surface area contributed by atoms with Gasteiger partial charge in [-0.2, -0.15) is 0 Å². The summed E-state index contributed by atoms with van der Waals surface area (Å²) in [5.41, 5.74) is 0.715. The fourth-order valence-electron chi connectivity index (χ4n) is 4.35. The van der Waals surface area contributed by atoms with Crippen LogP contribution in [0.25, 0.3) is 0 Å². The topological polar surface area (TPSA) is 66.9 Å². The van der Waals surface area contributed by atoms with Gasteiger partial charge in [0.15, 0.2) is 0 Å². The van der Waals surface area contributed by atoms with Gasteiger partial charge < -0.3 is 9.64 Å². The molecule has 1 saturated carbocycles. The van der Waals surface area contributed by atoms with Crippen molar-refractivity contribution in [1.29, 1.82) is 0 Å². The van der Waals surface area contributed by atoms with Crippen LogP contribution in [0.2, 0.25) is 0 Å². The van der Waals surface area contributed by atoms with E-state index in [1.165, 1.54) is 0 Å². The summed E-state index contributed by atoms with van der Waals surface area (Å²) in [6.45, 7) is 1.02. The van der Waals surface area contributed by atoms with Crippen LogP contribution in [0.3, 0.4) is 0 Å². The van der Waals surface area contributed by atoms with Crippen LogP contribution in [0.4, 0.5) is 0 Å². The van der Waals surface area contributed by atoms with E-state index in [9.17, 15) is 13.2 Å². The second-order valence-corrected chi connectivity index (χ2v) is 10.6. The fourth-order valence-corrected chi connectivity index (χ4v) is 6.20. The van der Waals surface area contributed by atoms with Gasteiger partial charge in [0.2, 0.25) is 15.9 Å². The zero-order chi connectivity index (χ0) is 19.2. The summed E-state index contributed by atoms with van der Waals surface area (Å²) in [5.74, 6) is 1.07. The third kappa shape index (κ3) is 3.59. The van der Waals surface area contributed by atoms with E-state index in [0.717, 1.165) is 30.6 Å². The van der Waals surface area contributed by atoms with Crippen LogP contribution in [0, 0.1) is 0 Å². The van der Waals surface area contributed by atoms with Crippen LogP contribution in [-0.4, -0.2) is 61.6 Å².